The van der Waals surface area contributed by atoms with Gasteiger partial charge in [0.1, 0.15) is 24.0 Å². The van der Waals surface area contributed by atoms with Crippen LogP contribution in [-0.4, -0.2) is 75.0 Å². The van der Waals surface area contributed by atoms with E-state index in [9.17, 15) is 15.0 Å². The molecular weight excluding hydrogens is 322 g/mol. The maximum atomic E-state index is 11.9. The number of nitrogens with zero attached hydrogens (tertiary/aromatic N) is 2. The van der Waals surface area contributed by atoms with E-state index in [1.54, 1.807) is 0 Å². The van der Waals surface area contributed by atoms with Gasteiger partial charge < -0.3 is 29.4 Å². The Morgan fingerprint density at radius 3 is 3.08 bits per heavy atom. The molecule has 0 aromatic carbocycles. The highest BCUT2D eigenvalue weighted by molar-refractivity contribution is 5.68. The van der Waals surface area contributed by atoms with Gasteiger partial charge in [0.25, 0.3) is 5.56 Å². The van der Waals surface area contributed by atoms with E-state index in [4.69, 9.17) is 21.0 Å². The monoisotopic (exact) mass is 342 g/mol. The van der Waals surface area contributed by atoms with Crippen LogP contribution < -0.4 is 11.2 Å². The summed E-state index contributed by atoms with van der Waals surface area (Å²) in [7, 11) is 1.51. The van der Waals surface area contributed by atoms with E-state index in [1.807, 2.05) is 0 Å². The highest BCUT2D eigenvalue weighted by Crippen LogP contribution is 2.32. The number of imidazole rings is 1. The van der Waals surface area contributed by atoms with Crippen LogP contribution in [0.1, 0.15) is 6.23 Å². The highest BCUT2D eigenvalue weighted by atomic mass is 16.6. The molecule has 2 aromatic heterocycles. The Morgan fingerprint density at radius 1 is 1.58 bits per heavy atom. The lowest BCUT2D eigenvalue weighted by Gasteiger charge is -2.22. The molecule has 11 nitrogen and oxygen atoms in total. The number of H-pyrrole nitrogens is 2. The molecule has 24 heavy (non-hydrogen) atoms. The summed E-state index contributed by atoms with van der Waals surface area (Å²) in [5.74, 6) is 0. The molecule has 5 N–H and O–H groups in total. The van der Waals surface area contributed by atoms with Gasteiger partial charge in [-0.3, -0.25) is 19.8 Å². The molecule has 0 spiro atoms. The fourth-order valence-corrected chi connectivity index (χ4v) is 2.65. The van der Waals surface area contributed by atoms with Gasteiger partial charge in [0.15, 0.2) is 13.2 Å². The van der Waals surface area contributed by atoms with Crippen molar-refractivity contribution in [1.82, 2.24) is 19.5 Å². The van der Waals surface area contributed by atoms with Crippen molar-refractivity contribution >= 4 is 11.2 Å². The number of nitrogens with one attached hydrogen (secondary N) is 3. The normalized spacial score (nSPS) is 27.7. The Bertz CT molecular complexity index is 863. The van der Waals surface area contributed by atoms with Crippen molar-refractivity contribution in [3.63, 3.8) is 0 Å². The second-order valence-corrected chi connectivity index (χ2v) is 5.31. The molecule has 1 fully saturated rings. The van der Waals surface area contributed by atoms with Gasteiger partial charge in [0, 0.05) is 7.11 Å². The summed E-state index contributed by atoms with van der Waals surface area (Å²) in [4.78, 5) is 18.8. The second kappa shape index (κ2) is 6.83. The van der Waals surface area contributed by atoms with Gasteiger partial charge in [-0.2, -0.15) is 0 Å². The van der Waals surface area contributed by atoms with Crippen LogP contribution in [0.5, 0.6) is 0 Å². The quantitative estimate of drug-likeness (QED) is 0.373. The number of aromatic nitrogens is 4. The van der Waals surface area contributed by atoms with Crippen molar-refractivity contribution in [3.8, 4) is 0 Å². The van der Waals surface area contributed by atoms with Crippen molar-refractivity contribution in [2.75, 3.05) is 26.9 Å². The fourth-order valence-electron chi connectivity index (χ4n) is 2.65. The number of aromatic amines is 2. The molecule has 11 heteroatoms. The Balaban J connectivity index is 2.05. The number of rotatable bonds is 6. The fraction of sp³-hybridized carbons (Fsp3) is 0.615. The van der Waals surface area contributed by atoms with E-state index >= 15 is 0 Å². The van der Waals surface area contributed by atoms with Crippen LogP contribution >= 0.6 is 0 Å². The van der Waals surface area contributed by atoms with Gasteiger partial charge >= 0.3 is 0 Å². The molecular formula is C13H19N5O6. The Hall–Kier alpha value is -2.05. The SMILES string of the molecule is [2H]n1c(=N)[nH]c(=O)c2ncn([C@@H]3O[C@H](CO)[C@@H](O)[C@H]3OCCOC)c21. The van der Waals surface area contributed by atoms with Crippen molar-refractivity contribution in [2.45, 2.75) is 24.5 Å². The first-order chi connectivity index (χ1) is 12.0. The predicted octanol–water partition coefficient (Wildman–Crippen LogP) is -2.19. The molecule has 1 aliphatic heterocycles. The number of aliphatic hydroxyl groups excluding tert-OH is 2. The summed E-state index contributed by atoms with van der Waals surface area (Å²) in [6, 6.07) is 0. The van der Waals surface area contributed by atoms with Gasteiger partial charge in [-0.1, -0.05) is 0 Å². The van der Waals surface area contributed by atoms with Crippen LogP contribution in [0.2, 0.25) is 1.41 Å². The molecule has 4 atom stereocenters. The molecule has 0 amide bonds. The number of hydrogen-bond acceptors (Lipinski definition) is 8. The Morgan fingerprint density at radius 2 is 2.38 bits per heavy atom. The highest BCUT2D eigenvalue weighted by Gasteiger charge is 2.45. The summed E-state index contributed by atoms with van der Waals surface area (Å²) in [5, 5.41) is 27.4. The Labute approximate surface area is 136 Å². The Kier molecular flexibility index (Phi) is 4.40. The number of aliphatic hydroxyl groups is 2. The van der Waals surface area contributed by atoms with Crippen LogP contribution in [0.4, 0.5) is 0 Å². The average Bonchev–Trinajstić information content (AvgIpc) is 3.15. The van der Waals surface area contributed by atoms with Crippen LogP contribution in [0.15, 0.2) is 11.1 Å². The molecule has 0 unspecified atom stereocenters. The van der Waals surface area contributed by atoms with Crippen molar-refractivity contribution in [2.24, 2.45) is 0 Å². The van der Waals surface area contributed by atoms with Crippen molar-refractivity contribution in [3.05, 3.63) is 22.3 Å². The zero-order valence-corrected chi connectivity index (χ0v) is 12.9. The van der Waals surface area contributed by atoms with E-state index < -0.39 is 42.3 Å². The van der Waals surface area contributed by atoms with Crippen LogP contribution in [0.25, 0.3) is 11.2 Å². The number of hydrogen-bond donors (Lipinski definition) is 5. The lowest BCUT2D eigenvalue weighted by Crippen LogP contribution is -2.36. The standard InChI is InChI=1S/C13H19N5O6/c1-22-2-3-23-9-8(20)6(4-19)24-12(9)18-5-15-7-10(18)16-13(14)17-11(7)21/h5-6,8-9,12,19-20H,2-4H2,1H3,(H3,14,16,17,21)/t6-,8-,9-,12-/m1/s1/i/hD. The molecule has 2 aromatic rings. The lowest BCUT2D eigenvalue weighted by atomic mass is 10.1. The second-order valence-electron chi connectivity index (χ2n) is 5.31. The predicted molar refractivity (Wildman–Crippen MR) is 79.2 cm³/mol. The molecule has 0 saturated carbocycles. The smallest absolute Gasteiger partial charge is 0.280 e. The van der Waals surface area contributed by atoms with Gasteiger partial charge in [-0.05, 0) is 0 Å². The van der Waals surface area contributed by atoms with Gasteiger partial charge in [-0.15, -0.1) is 0 Å². The summed E-state index contributed by atoms with van der Waals surface area (Å²) < 4.78 is 25.5. The zero-order chi connectivity index (χ0) is 18.1. The molecule has 3 rings (SSSR count). The summed E-state index contributed by atoms with van der Waals surface area (Å²) in [6.07, 6.45) is -2.56. The molecule has 132 valence electrons. The first-order valence-electron chi connectivity index (χ1n) is 7.75. The maximum Gasteiger partial charge on any atom is 0.280 e. The van der Waals surface area contributed by atoms with E-state index in [2.05, 4.69) is 9.97 Å². The first kappa shape index (κ1) is 15.5. The van der Waals surface area contributed by atoms with E-state index in [-0.39, 0.29) is 17.8 Å². The number of methoxy groups -OCH3 is 1. The van der Waals surface area contributed by atoms with Gasteiger partial charge in [-0.25, -0.2) is 4.98 Å². The zero-order valence-electron chi connectivity index (χ0n) is 13.9. The molecule has 0 radical (unpaired) electrons. The minimum absolute atomic E-state index is 0.0184. The summed E-state index contributed by atoms with van der Waals surface area (Å²) in [5.41, 5.74) is -1.08. The van der Waals surface area contributed by atoms with E-state index in [0.717, 1.165) is 0 Å². The van der Waals surface area contributed by atoms with Crippen LogP contribution in [0.3, 0.4) is 0 Å². The summed E-state index contributed by atoms with van der Waals surface area (Å²) >= 11 is 0. The van der Waals surface area contributed by atoms with Crippen molar-refractivity contribution in [1.29, 1.82) is 5.41 Å². The largest absolute Gasteiger partial charge is 0.394 e. The van der Waals surface area contributed by atoms with E-state index in [0.29, 0.717) is 11.6 Å². The first-order valence-corrected chi connectivity index (χ1v) is 7.30. The molecule has 1 saturated heterocycles. The third kappa shape index (κ3) is 2.87. The average molecular weight is 342 g/mol. The maximum absolute atomic E-state index is 11.9. The molecule has 1 aliphatic rings. The van der Waals surface area contributed by atoms with Crippen LogP contribution in [0, 0.1) is 5.41 Å². The molecule has 3 heterocycles. The minimum atomic E-state index is -1.12. The lowest BCUT2D eigenvalue weighted by molar-refractivity contribution is -0.0785. The third-order valence-electron chi connectivity index (χ3n) is 3.80. The third-order valence-corrected chi connectivity index (χ3v) is 3.80. The molecule has 0 aliphatic carbocycles. The van der Waals surface area contributed by atoms with E-state index in [1.165, 1.54) is 18.0 Å². The minimum Gasteiger partial charge on any atom is -0.394 e. The van der Waals surface area contributed by atoms with Gasteiger partial charge in [0.2, 0.25) is 5.62 Å². The van der Waals surface area contributed by atoms with Gasteiger partial charge in [0.05, 0.1) is 26.1 Å². The number of ether oxygens (including phenoxy) is 3. The van der Waals surface area contributed by atoms with Crippen LogP contribution in [-0.2, 0) is 14.2 Å². The topological polar surface area (TPSA) is 158 Å². The number of fused-ring (bicyclic) bond motifs is 1. The summed E-state index contributed by atoms with van der Waals surface area (Å²) in [6.45, 7) is 0.0347. The van der Waals surface area contributed by atoms with Crippen molar-refractivity contribution < 1.29 is 25.8 Å². The molecule has 0 bridgehead atoms.